The van der Waals surface area contributed by atoms with Crippen LogP contribution in [0.2, 0.25) is 0 Å². The maximum absolute atomic E-state index is 5.74. The molecule has 4 bridgehead atoms. The van der Waals surface area contributed by atoms with Crippen LogP contribution in [0.4, 0.5) is 0 Å². The normalized spacial score (nSPS) is 38.4. The number of allylic oxidation sites excluding steroid dienone is 1. The van der Waals surface area contributed by atoms with Crippen LogP contribution in [-0.2, 0) is 6.42 Å². The summed E-state index contributed by atoms with van der Waals surface area (Å²) < 4.78 is 5.74. The molecule has 0 aromatic carbocycles. The van der Waals surface area contributed by atoms with E-state index in [4.69, 9.17) is 10.2 Å². The van der Waals surface area contributed by atoms with Crippen molar-refractivity contribution in [1.29, 1.82) is 0 Å². The lowest BCUT2D eigenvalue weighted by molar-refractivity contribution is -0.0125. The maximum atomic E-state index is 5.74. The summed E-state index contributed by atoms with van der Waals surface area (Å²) in [5.74, 6) is 5.47. The number of nitrogens with two attached hydrogens (primary N) is 1. The van der Waals surface area contributed by atoms with Crippen LogP contribution in [0, 0.1) is 29.6 Å². The topological polar surface area (TPSA) is 64.9 Å². The molecule has 0 aliphatic heterocycles. The van der Waals surface area contributed by atoms with Crippen molar-refractivity contribution in [3.05, 3.63) is 18.4 Å². The summed E-state index contributed by atoms with van der Waals surface area (Å²) in [4.78, 5) is 0. The van der Waals surface area contributed by atoms with Gasteiger partial charge < -0.3 is 10.2 Å². The number of hydrogen-bond acceptors (Lipinski definition) is 4. The summed E-state index contributed by atoms with van der Waals surface area (Å²) in [6.07, 6.45) is 7.69. The molecule has 4 saturated carbocycles. The van der Waals surface area contributed by atoms with E-state index >= 15 is 0 Å². The summed E-state index contributed by atoms with van der Waals surface area (Å²) in [5.41, 5.74) is 6.63. The van der Waals surface area contributed by atoms with Gasteiger partial charge in [-0.15, -0.1) is 10.2 Å². The van der Waals surface area contributed by atoms with E-state index in [1.165, 1.54) is 32.1 Å². The van der Waals surface area contributed by atoms with Gasteiger partial charge in [-0.25, -0.2) is 0 Å². The van der Waals surface area contributed by atoms with Gasteiger partial charge in [0, 0.05) is 18.5 Å². The molecule has 1 heterocycles. The van der Waals surface area contributed by atoms with Crippen LogP contribution in [-0.4, -0.2) is 16.7 Å². The third-order valence-corrected chi connectivity index (χ3v) is 5.73. The van der Waals surface area contributed by atoms with Crippen LogP contribution in [0.1, 0.15) is 43.9 Å². The second-order valence-electron chi connectivity index (χ2n) is 7.02. The Hall–Kier alpha value is -1.16. The van der Waals surface area contributed by atoms with E-state index in [1.54, 1.807) is 0 Å². The van der Waals surface area contributed by atoms with Gasteiger partial charge in [0.15, 0.2) is 0 Å². The van der Waals surface area contributed by atoms with E-state index in [-0.39, 0.29) is 0 Å². The molecule has 1 aromatic heterocycles. The first-order valence-electron chi connectivity index (χ1n) is 7.96. The largest absolute Gasteiger partial charge is 0.421 e. The van der Waals surface area contributed by atoms with Gasteiger partial charge in [0.05, 0.1) is 0 Å². The van der Waals surface area contributed by atoms with E-state index in [0.29, 0.717) is 30.7 Å². The van der Waals surface area contributed by atoms with Crippen LogP contribution in [0.5, 0.6) is 0 Å². The minimum atomic E-state index is 0.548. The number of aromatic nitrogens is 2. The molecule has 4 aliphatic carbocycles. The van der Waals surface area contributed by atoms with Crippen molar-refractivity contribution >= 4 is 5.57 Å². The van der Waals surface area contributed by atoms with E-state index in [0.717, 1.165) is 29.2 Å². The Bertz CT molecular complexity index is 494. The molecule has 2 N–H and O–H groups in total. The van der Waals surface area contributed by atoms with E-state index in [2.05, 4.69) is 16.8 Å². The Labute approximate surface area is 119 Å². The van der Waals surface area contributed by atoms with Crippen molar-refractivity contribution in [1.82, 2.24) is 10.2 Å². The molecule has 4 aliphatic rings. The molecular formula is C16H23N3O. The third-order valence-electron chi connectivity index (χ3n) is 5.73. The first-order valence-corrected chi connectivity index (χ1v) is 7.96. The van der Waals surface area contributed by atoms with Gasteiger partial charge in [-0.2, -0.15) is 0 Å². The molecule has 0 spiro atoms. The lowest BCUT2D eigenvalue weighted by Crippen LogP contribution is -2.45. The fourth-order valence-electron chi connectivity index (χ4n) is 5.24. The first-order chi connectivity index (χ1) is 9.74. The van der Waals surface area contributed by atoms with Gasteiger partial charge in [0.25, 0.3) is 0 Å². The highest BCUT2D eigenvalue weighted by atomic mass is 16.4. The van der Waals surface area contributed by atoms with Gasteiger partial charge in [0.1, 0.15) is 0 Å². The minimum absolute atomic E-state index is 0.548. The summed E-state index contributed by atoms with van der Waals surface area (Å²) in [7, 11) is 0. The molecule has 0 radical (unpaired) electrons. The molecule has 4 fully saturated rings. The molecule has 4 heteroatoms. The van der Waals surface area contributed by atoms with Gasteiger partial charge in [-0.1, -0.05) is 6.58 Å². The van der Waals surface area contributed by atoms with E-state index < -0.39 is 0 Å². The SMILES string of the molecule is C=C(c1nnc(CCN)o1)C1C2CC3CC(C2)CC1C3. The van der Waals surface area contributed by atoms with Crippen molar-refractivity contribution in [3.63, 3.8) is 0 Å². The van der Waals surface area contributed by atoms with Crippen molar-refractivity contribution in [2.45, 2.75) is 38.5 Å². The second kappa shape index (κ2) is 4.69. The van der Waals surface area contributed by atoms with Crippen molar-refractivity contribution in [3.8, 4) is 0 Å². The predicted octanol–water partition coefficient (Wildman–Crippen LogP) is 2.66. The Morgan fingerprint density at radius 2 is 1.75 bits per heavy atom. The molecule has 4 nitrogen and oxygen atoms in total. The van der Waals surface area contributed by atoms with Gasteiger partial charge in [0.2, 0.25) is 11.8 Å². The lowest BCUT2D eigenvalue weighted by atomic mass is 9.50. The summed E-state index contributed by atoms with van der Waals surface area (Å²) >= 11 is 0. The number of hydrogen-bond donors (Lipinski definition) is 1. The average molecular weight is 273 g/mol. The molecule has 108 valence electrons. The number of nitrogens with zero attached hydrogens (tertiary/aromatic N) is 2. The van der Waals surface area contributed by atoms with Gasteiger partial charge in [-0.3, -0.25) is 0 Å². The summed E-state index contributed by atoms with van der Waals surface area (Å²) in [6.45, 7) is 4.86. The fraction of sp³-hybridized carbons (Fsp3) is 0.750. The molecule has 0 saturated heterocycles. The standard InChI is InChI=1S/C16H23N3O/c1-9(16-19-18-14(20-16)2-3-17)15-12-5-10-4-11(7-12)8-13(15)6-10/h10-13,15H,1-8,17H2. The predicted molar refractivity (Wildman–Crippen MR) is 76.6 cm³/mol. The number of rotatable bonds is 4. The third kappa shape index (κ3) is 1.93. The molecule has 5 rings (SSSR count). The van der Waals surface area contributed by atoms with Gasteiger partial charge >= 0.3 is 0 Å². The zero-order chi connectivity index (χ0) is 13.7. The maximum Gasteiger partial charge on any atom is 0.243 e. The van der Waals surface area contributed by atoms with Crippen LogP contribution < -0.4 is 5.73 Å². The van der Waals surface area contributed by atoms with Crippen molar-refractivity contribution < 1.29 is 4.42 Å². The minimum Gasteiger partial charge on any atom is -0.421 e. The summed E-state index contributed by atoms with van der Waals surface area (Å²) in [6, 6.07) is 0. The van der Waals surface area contributed by atoms with E-state index in [9.17, 15) is 0 Å². The highest BCUT2D eigenvalue weighted by Crippen LogP contribution is 2.59. The van der Waals surface area contributed by atoms with Gasteiger partial charge in [-0.05, 0) is 61.7 Å². The molecule has 20 heavy (non-hydrogen) atoms. The first kappa shape index (κ1) is 12.6. The molecular weight excluding hydrogens is 250 g/mol. The molecule has 0 atom stereocenters. The molecule has 0 amide bonds. The van der Waals surface area contributed by atoms with Crippen LogP contribution in [0.3, 0.4) is 0 Å². The molecule has 1 aromatic rings. The van der Waals surface area contributed by atoms with E-state index in [1.807, 2.05) is 0 Å². The Morgan fingerprint density at radius 1 is 1.10 bits per heavy atom. The zero-order valence-electron chi connectivity index (χ0n) is 11.9. The monoisotopic (exact) mass is 273 g/mol. The Balaban J connectivity index is 1.56. The molecule has 0 unspecified atom stereocenters. The Kier molecular flexibility index (Phi) is 2.95. The summed E-state index contributed by atoms with van der Waals surface area (Å²) in [5, 5.41) is 8.28. The second-order valence-corrected chi connectivity index (χ2v) is 7.02. The lowest BCUT2D eigenvalue weighted by Gasteiger charge is -2.54. The van der Waals surface area contributed by atoms with Crippen LogP contribution >= 0.6 is 0 Å². The van der Waals surface area contributed by atoms with Crippen LogP contribution in [0.25, 0.3) is 5.57 Å². The van der Waals surface area contributed by atoms with Crippen LogP contribution in [0.15, 0.2) is 11.0 Å². The Morgan fingerprint density at radius 3 is 2.35 bits per heavy atom. The highest BCUT2D eigenvalue weighted by Gasteiger charge is 2.49. The zero-order valence-corrected chi connectivity index (χ0v) is 11.9. The fourth-order valence-corrected chi connectivity index (χ4v) is 5.24. The smallest absolute Gasteiger partial charge is 0.243 e. The average Bonchev–Trinajstić information content (AvgIpc) is 2.86. The van der Waals surface area contributed by atoms with Crippen molar-refractivity contribution in [2.75, 3.05) is 6.54 Å². The van der Waals surface area contributed by atoms with Crippen molar-refractivity contribution in [2.24, 2.45) is 35.3 Å². The quantitative estimate of drug-likeness (QED) is 0.916. The highest BCUT2D eigenvalue weighted by molar-refractivity contribution is 5.59.